The van der Waals surface area contributed by atoms with Crippen LogP contribution in [0.15, 0.2) is 28.7 Å². The zero-order chi connectivity index (χ0) is 11.3. The molecule has 1 aromatic rings. The van der Waals surface area contributed by atoms with E-state index in [1.807, 2.05) is 12.1 Å². The highest BCUT2D eigenvalue weighted by Gasteiger charge is 2.05. The number of halogens is 1. The van der Waals surface area contributed by atoms with Crippen molar-refractivity contribution < 1.29 is 5.11 Å². The lowest BCUT2D eigenvalue weighted by atomic mass is 10.0. The molecular formula is C12H18BrNO. The van der Waals surface area contributed by atoms with E-state index >= 15 is 0 Å². The van der Waals surface area contributed by atoms with Crippen LogP contribution in [0.5, 0.6) is 0 Å². The van der Waals surface area contributed by atoms with E-state index in [2.05, 4.69) is 40.3 Å². The number of hydrogen-bond acceptors (Lipinski definition) is 2. The minimum absolute atomic E-state index is 0.278. The largest absolute Gasteiger partial charge is 0.392 e. The van der Waals surface area contributed by atoms with Crippen molar-refractivity contribution in [2.45, 2.75) is 25.9 Å². The zero-order valence-corrected chi connectivity index (χ0v) is 10.8. The van der Waals surface area contributed by atoms with E-state index in [0.29, 0.717) is 12.5 Å². The Hall–Kier alpha value is -0.380. The third-order valence-corrected chi connectivity index (χ3v) is 2.80. The Labute approximate surface area is 99.8 Å². The summed E-state index contributed by atoms with van der Waals surface area (Å²) in [6.45, 7) is 5.51. The van der Waals surface area contributed by atoms with Crippen LogP contribution < -0.4 is 5.32 Å². The number of rotatable bonds is 5. The first-order valence-electron chi connectivity index (χ1n) is 5.24. The van der Waals surface area contributed by atoms with Crippen molar-refractivity contribution >= 4 is 15.9 Å². The quantitative estimate of drug-likeness (QED) is 0.863. The topological polar surface area (TPSA) is 32.3 Å². The Morgan fingerprint density at radius 1 is 1.33 bits per heavy atom. The summed E-state index contributed by atoms with van der Waals surface area (Å²) in [5.41, 5.74) is 1.31. The van der Waals surface area contributed by atoms with Gasteiger partial charge in [0.1, 0.15) is 0 Å². The smallest absolute Gasteiger partial charge is 0.0636 e. The first-order chi connectivity index (χ1) is 7.09. The SMILES string of the molecule is CC(CNC[C@@H](C)O)c1cccc(Br)c1. The third kappa shape index (κ3) is 4.78. The third-order valence-electron chi connectivity index (χ3n) is 2.31. The lowest BCUT2D eigenvalue weighted by Gasteiger charge is -2.14. The number of nitrogens with one attached hydrogen (secondary N) is 1. The summed E-state index contributed by atoms with van der Waals surface area (Å²) in [6, 6.07) is 8.33. The molecule has 84 valence electrons. The number of hydrogen-bond donors (Lipinski definition) is 2. The Morgan fingerprint density at radius 3 is 2.67 bits per heavy atom. The summed E-state index contributed by atoms with van der Waals surface area (Å²) in [5, 5.41) is 12.3. The maximum absolute atomic E-state index is 9.11. The molecule has 1 aromatic carbocycles. The van der Waals surface area contributed by atoms with Crippen LogP contribution in [0.4, 0.5) is 0 Å². The van der Waals surface area contributed by atoms with Crippen molar-refractivity contribution in [2.24, 2.45) is 0 Å². The molecule has 2 N–H and O–H groups in total. The van der Waals surface area contributed by atoms with Gasteiger partial charge >= 0.3 is 0 Å². The second-order valence-corrected chi connectivity index (χ2v) is 4.88. The fourth-order valence-corrected chi connectivity index (χ4v) is 1.86. The molecule has 0 aliphatic heterocycles. The van der Waals surface area contributed by atoms with Gasteiger partial charge in [0.2, 0.25) is 0 Å². The van der Waals surface area contributed by atoms with Crippen molar-refractivity contribution in [2.75, 3.05) is 13.1 Å². The molecule has 0 aliphatic carbocycles. The van der Waals surface area contributed by atoms with Gasteiger partial charge in [-0.1, -0.05) is 35.0 Å². The number of benzene rings is 1. The molecule has 15 heavy (non-hydrogen) atoms. The average Bonchev–Trinajstić information content (AvgIpc) is 2.17. The van der Waals surface area contributed by atoms with E-state index < -0.39 is 0 Å². The van der Waals surface area contributed by atoms with E-state index in [9.17, 15) is 0 Å². The van der Waals surface area contributed by atoms with Crippen molar-refractivity contribution in [3.63, 3.8) is 0 Å². The van der Waals surface area contributed by atoms with Gasteiger partial charge in [-0.15, -0.1) is 0 Å². The molecule has 0 heterocycles. The summed E-state index contributed by atoms with van der Waals surface area (Å²) >= 11 is 3.46. The molecule has 3 heteroatoms. The van der Waals surface area contributed by atoms with Crippen molar-refractivity contribution in [3.05, 3.63) is 34.3 Å². The van der Waals surface area contributed by atoms with E-state index in [4.69, 9.17) is 5.11 Å². The lowest BCUT2D eigenvalue weighted by molar-refractivity contribution is 0.191. The van der Waals surface area contributed by atoms with Gasteiger partial charge in [-0.3, -0.25) is 0 Å². The van der Waals surface area contributed by atoms with Gasteiger partial charge in [-0.05, 0) is 30.5 Å². The molecule has 0 saturated heterocycles. The molecule has 1 unspecified atom stereocenters. The normalized spacial score (nSPS) is 14.9. The molecule has 0 saturated carbocycles. The predicted octanol–water partition coefficient (Wildman–Crippen LogP) is 2.52. The Bertz CT molecular complexity index is 301. The van der Waals surface area contributed by atoms with Gasteiger partial charge in [0.15, 0.2) is 0 Å². The molecule has 0 spiro atoms. The van der Waals surface area contributed by atoms with Crippen LogP contribution in [-0.4, -0.2) is 24.3 Å². The zero-order valence-electron chi connectivity index (χ0n) is 9.20. The standard InChI is InChI=1S/C12H18BrNO/c1-9(7-14-8-10(2)15)11-4-3-5-12(13)6-11/h3-6,9-10,14-15H,7-8H2,1-2H3/t9?,10-/m1/s1. The average molecular weight is 272 g/mol. The first kappa shape index (κ1) is 12.7. The summed E-state index contributed by atoms with van der Waals surface area (Å²) in [4.78, 5) is 0. The van der Waals surface area contributed by atoms with Gasteiger partial charge in [-0.25, -0.2) is 0 Å². The highest BCUT2D eigenvalue weighted by molar-refractivity contribution is 9.10. The second kappa shape index (κ2) is 6.26. The Kier molecular flexibility index (Phi) is 5.29. The highest BCUT2D eigenvalue weighted by Crippen LogP contribution is 2.18. The van der Waals surface area contributed by atoms with Gasteiger partial charge in [-0.2, -0.15) is 0 Å². The summed E-state index contributed by atoms with van der Waals surface area (Å²) in [6.07, 6.45) is -0.278. The fourth-order valence-electron chi connectivity index (χ4n) is 1.44. The van der Waals surface area contributed by atoms with Crippen LogP contribution in [0.3, 0.4) is 0 Å². The number of aliphatic hydroxyl groups excluding tert-OH is 1. The van der Waals surface area contributed by atoms with Crippen LogP contribution in [0.25, 0.3) is 0 Å². The van der Waals surface area contributed by atoms with Gasteiger partial charge in [0.25, 0.3) is 0 Å². The van der Waals surface area contributed by atoms with Crippen LogP contribution in [0, 0.1) is 0 Å². The molecule has 0 aliphatic rings. The van der Waals surface area contributed by atoms with Crippen LogP contribution >= 0.6 is 15.9 Å². The minimum atomic E-state index is -0.278. The maximum Gasteiger partial charge on any atom is 0.0636 e. The molecule has 1 rings (SSSR count). The Morgan fingerprint density at radius 2 is 2.07 bits per heavy atom. The van der Waals surface area contributed by atoms with E-state index in [0.717, 1.165) is 11.0 Å². The van der Waals surface area contributed by atoms with Gasteiger partial charge in [0.05, 0.1) is 6.10 Å². The van der Waals surface area contributed by atoms with E-state index in [1.54, 1.807) is 6.92 Å². The van der Waals surface area contributed by atoms with Crippen molar-refractivity contribution in [1.82, 2.24) is 5.32 Å². The molecular weight excluding hydrogens is 254 g/mol. The summed E-state index contributed by atoms with van der Waals surface area (Å²) in [5.74, 6) is 0.459. The van der Waals surface area contributed by atoms with Crippen molar-refractivity contribution in [3.8, 4) is 0 Å². The van der Waals surface area contributed by atoms with Crippen LogP contribution in [-0.2, 0) is 0 Å². The van der Waals surface area contributed by atoms with Crippen LogP contribution in [0.2, 0.25) is 0 Å². The molecule has 0 radical (unpaired) electrons. The van der Waals surface area contributed by atoms with Crippen molar-refractivity contribution in [1.29, 1.82) is 0 Å². The van der Waals surface area contributed by atoms with E-state index in [1.165, 1.54) is 5.56 Å². The molecule has 0 amide bonds. The Balaban J connectivity index is 2.43. The highest BCUT2D eigenvalue weighted by atomic mass is 79.9. The van der Waals surface area contributed by atoms with Gasteiger partial charge < -0.3 is 10.4 Å². The second-order valence-electron chi connectivity index (χ2n) is 3.96. The van der Waals surface area contributed by atoms with E-state index in [-0.39, 0.29) is 6.10 Å². The summed E-state index contributed by atoms with van der Waals surface area (Å²) in [7, 11) is 0. The number of aliphatic hydroxyl groups is 1. The molecule has 0 bridgehead atoms. The monoisotopic (exact) mass is 271 g/mol. The maximum atomic E-state index is 9.11. The molecule has 0 aromatic heterocycles. The lowest BCUT2D eigenvalue weighted by Crippen LogP contribution is -2.27. The fraction of sp³-hybridized carbons (Fsp3) is 0.500. The summed E-state index contributed by atoms with van der Waals surface area (Å²) < 4.78 is 1.11. The molecule has 2 atom stereocenters. The molecule has 2 nitrogen and oxygen atoms in total. The first-order valence-corrected chi connectivity index (χ1v) is 6.03. The van der Waals surface area contributed by atoms with Gasteiger partial charge in [0, 0.05) is 17.6 Å². The van der Waals surface area contributed by atoms with Crippen LogP contribution in [0.1, 0.15) is 25.3 Å². The molecule has 0 fully saturated rings. The minimum Gasteiger partial charge on any atom is -0.392 e. The predicted molar refractivity (Wildman–Crippen MR) is 67.1 cm³/mol.